The standard InChI is InChI=1S/C12H26O6P2/c1-5-15-19(13,16-6-2)11-9-10-12-20(14,17-7-3)18-8-4/h9-10H,5-8,11-12H2,1-4H3/b10-9+. The van der Waals surface area contributed by atoms with Crippen molar-refractivity contribution in [3.05, 3.63) is 12.2 Å². The molecule has 0 aromatic rings. The molecule has 20 heavy (non-hydrogen) atoms. The maximum absolute atomic E-state index is 12.2. The number of hydrogen-bond donors (Lipinski definition) is 0. The topological polar surface area (TPSA) is 71.1 Å². The van der Waals surface area contributed by atoms with Crippen LogP contribution in [0.25, 0.3) is 0 Å². The first-order valence-corrected chi connectivity index (χ1v) is 10.3. The summed E-state index contributed by atoms with van der Waals surface area (Å²) < 4.78 is 44.9. The molecule has 6 nitrogen and oxygen atoms in total. The Morgan fingerprint density at radius 3 is 1.10 bits per heavy atom. The molecular weight excluding hydrogens is 302 g/mol. The first kappa shape index (κ1) is 20.0. The lowest BCUT2D eigenvalue weighted by atomic mass is 10.6. The second-order valence-electron chi connectivity index (χ2n) is 3.73. The zero-order valence-electron chi connectivity index (χ0n) is 12.7. The lowest BCUT2D eigenvalue weighted by Gasteiger charge is -2.16. The normalized spacial score (nSPS) is 13.2. The van der Waals surface area contributed by atoms with Gasteiger partial charge < -0.3 is 18.1 Å². The molecule has 0 fully saturated rings. The zero-order valence-corrected chi connectivity index (χ0v) is 14.5. The monoisotopic (exact) mass is 328 g/mol. The predicted octanol–water partition coefficient (Wildman–Crippen LogP) is 4.07. The van der Waals surface area contributed by atoms with Gasteiger partial charge in [0.25, 0.3) is 0 Å². The Balaban J connectivity index is 4.47. The van der Waals surface area contributed by atoms with E-state index in [1.54, 1.807) is 39.8 Å². The van der Waals surface area contributed by atoms with Gasteiger partial charge in [0.1, 0.15) is 0 Å². The first-order valence-electron chi connectivity index (χ1n) is 6.86. The Kier molecular flexibility index (Phi) is 10.7. The molecule has 0 aliphatic carbocycles. The molecule has 0 heterocycles. The summed E-state index contributed by atoms with van der Waals surface area (Å²) in [6.45, 7) is 8.31. The molecule has 0 aliphatic heterocycles. The Bertz CT molecular complexity index is 315. The molecule has 0 aromatic heterocycles. The summed E-state index contributed by atoms with van der Waals surface area (Å²) in [5, 5.41) is 0. The van der Waals surface area contributed by atoms with Crippen molar-refractivity contribution < 1.29 is 27.2 Å². The summed E-state index contributed by atoms with van der Waals surface area (Å²) in [4.78, 5) is 0. The summed E-state index contributed by atoms with van der Waals surface area (Å²) in [6, 6.07) is 0. The highest BCUT2D eigenvalue weighted by Gasteiger charge is 2.23. The molecule has 0 aliphatic rings. The summed E-state index contributed by atoms with van der Waals surface area (Å²) in [5.74, 6) is 0. The fourth-order valence-corrected chi connectivity index (χ4v) is 4.44. The van der Waals surface area contributed by atoms with Crippen molar-refractivity contribution in [3.8, 4) is 0 Å². The van der Waals surface area contributed by atoms with Crippen molar-refractivity contribution in [2.45, 2.75) is 27.7 Å². The van der Waals surface area contributed by atoms with Crippen molar-refractivity contribution in [1.29, 1.82) is 0 Å². The number of hydrogen-bond acceptors (Lipinski definition) is 6. The van der Waals surface area contributed by atoms with Crippen molar-refractivity contribution in [2.24, 2.45) is 0 Å². The van der Waals surface area contributed by atoms with E-state index in [9.17, 15) is 9.13 Å². The quantitative estimate of drug-likeness (QED) is 0.397. The Hall–Kier alpha value is 0.0400. The molecule has 0 rings (SSSR count). The molecular formula is C12H26O6P2. The van der Waals surface area contributed by atoms with Gasteiger partial charge in [0.15, 0.2) is 0 Å². The van der Waals surface area contributed by atoms with E-state index in [1.807, 2.05) is 0 Å². The molecule has 0 atom stereocenters. The summed E-state index contributed by atoms with van der Waals surface area (Å²) >= 11 is 0. The smallest absolute Gasteiger partial charge is 0.309 e. The van der Waals surface area contributed by atoms with Crippen LogP contribution in [0.4, 0.5) is 0 Å². The molecule has 0 N–H and O–H groups in total. The predicted molar refractivity (Wildman–Crippen MR) is 80.6 cm³/mol. The SMILES string of the molecule is CCOP(=O)(C/C=C/CP(=O)(OCC)OCC)OCC. The highest BCUT2D eigenvalue weighted by molar-refractivity contribution is 7.54. The molecule has 0 spiro atoms. The van der Waals surface area contributed by atoms with E-state index in [0.717, 1.165) is 0 Å². The highest BCUT2D eigenvalue weighted by Crippen LogP contribution is 2.49. The lowest BCUT2D eigenvalue weighted by Crippen LogP contribution is -2.00. The second-order valence-corrected chi connectivity index (χ2v) is 7.94. The van der Waals surface area contributed by atoms with Crippen LogP contribution < -0.4 is 0 Å². The van der Waals surface area contributed by atoms with Crippen LogP contribution >= 0.6 is 15.2 Å². The van der Waals surface area contributed by atoms with E-state index >= 15 is 0 Å². The zero-order chi connectivity index (χ0) is 15.5. The Morgan fingerprint density at radius 1 is 0.650 bits per heavy atom. The maximum atomic E-state index is 12.2. The van der Waals surface area contributed by atoms with Crippen LogP contribution in [0.3, 0.4) is 0 Å². The average molecular weight is 328 g/mol. The van der Waals surface area contributed by atoms with Crippen molar-refractivity contribution in [2.75, 3.05) is 38.8 Å². The van der Waals surface area contributed by atoms with Crippen LogP contribution in [0.1, 0.15) is 27.7 Å². The summed E-state index contributed by atoms with van der Waals surface area (Å²) in [5.41, 5.74) is 0. The highest BCUT2D eigenvalue weighted by atomic mass is 31.2. The average Bonchev–Trinajstić information content (AvgIpc) is 2.36. The van der Waals surface area contributed by atoms with Gasteiger partial charge in [-0.05, 0) is 27.7 Å². The molecule has 0 bridgehead atoms. The second kappa shape index (κ2) is 10.7. The van der Waals surface area contributed by atoms with E-state index in [1.165, 1.54) is 0 Å². The number of allylic oxidation sites excluding steroid dienone is 2. The van der Waals surface area contributed by atoms with E-state index < -0.39 is 15.2 Å². The Morgan fingerprint density at radius 2 is 0.900 bits per heavy atom. The molecule has 0 unspecified atom stereocenters. The van der Waals surface area contributed by atoms with Crippen LogP contribution in [0, 0.1) is 0 Å². The summed E-state index contributed by atoms with van der Waals surface area (Å²) in [6.07, 6.45) is 3.56. The van der Waals surface area contributed by atoms with Crippen LogP contribution in [-0.4, -0.2) is 38.8 Å². The third-order valence-corrected chi connectivity index (χ3v) is 6.05. The molecule has 120 valence electrons. The van der Waals surface area contributed by atoms with E-state index in [0.29, 0.717) is 26.4 Å². The lowest BCUT2D eigenvalue weighted by molar-refractivity contribution is 0.221. The van der Waals surface area contributed by atoms with Crippen LogP contribution in [0.2, 0.25) is 0 Å². The van der Waals surface area contributed by atoms with Gasteiger partial charge in [0, 0.05) is 0 Å². The van der Waals surface area contributed by atoms with Gasteiger partial charge in [0.2, 0.25) is 0 Å². The van der Waals surface area contributed by atoms with Crippen molar-refractivity contribution in [3.63, 3.8) is 0 Å². The van der Waals surface area contributed by atoms with Crippen LogP contribution in [0.5, 0.6) is 0 Å². The van der Waals surface area contributed by atoms with Gasteiger partial charge in [-0.15, -0.1) is 0 Å². The maximum Gasteiger partial charge on any atom is 0.334 e. The molecule has 0 aromatic carbocycles. The van der Waals surface area contributed by atoms with Crippen molar-refractivity contribution >= 4 is 15.2 Å². The third kappa shape index (κ3) is 8.35. The van der Waals surface area contributed by atoms with Crippen LogP contribution in [-0.2, 0) is 27.2 Å². The van der Waals surface area contributed by atoms with Crippen molar-refractivity contribution in [1.82, 2.24) is 0 Å². The van der Waals surface area contributed by atoms with Gasteiger partial charge in [-0.3, -0.25) is 9.13 Å². The molecule has 0 radical (unpaired) electrons. The van der Waals surface area contributed by atoms with Gasteiger partial charge in [-0.1, -0.05) is 12.2 Å². The molecule has 8 heteroatoms. The van der Waals surface area contributed by atoms with E-state index in [-0.39, 0.29) is 12.3 Å². The fourth-order valence-electron chi connectivity index (χ4n) is 1.48. The van der Waals surface area contributed by atoms with Gasteiger partial charge in [-0.2, -0.15) is 0 Å². The number of rotatable bonds is 12. The molecule has 0 saturated carbocycles. The van der Waals surface area contributed by atoms with Gasteiger partial charge >= 0.3 is 15.2 Å². The minimum absolute atomic E-state index is 0.146. The minimum Gasteiger partial charge on any atom is -0.309 e. The van der Waals surface area contributed by atoms with Gasteiger partial charge in [0.05, 0.1) is 38.8 Å². The summed E-state index contributed by atoms with van der Waals surface area (Å²) in [7, 11) is -6.18. The minimum atomic E-state index is -3.09. The fraction of sp³-hybridized carbons (Fsp3) is 0.833. The van der Waals surface area contributed by atoms with E-state index in [4.69, 9.17) is 18.1 Å². The Labute approximate surface area is 121 Å². The molecule has 0 saturated heterocycles. The van der Waals surface area contributed by atoms with Crippen LogP contribution in [0.15, 0.2) is 12.2 Å². The molecule has 0 amide bonds. The largest absolute Gasteiger partial charge is 0.334 e. The van der Waals surface area contributed by atoms with E-state index in [2.05, 4.69) is 0 Å². The third-order valence-electron chi connectivity index (χ3n) is 2.13. The van der Waals surface area contributed by atoms with Gasteiger partial charge in [-0.25, -0.2) is 0 Å². The first-order chi connectivity index (χ1) is 9.45.